The average molecular weight is 243 g/mol. The number of likely N-dealkylation sites (tertiary alicyclic amines) is 1. The van der Waals surface area contributed by atoms with Gasteiger partial charge in [-0.15, -0.1) is 0 Å². The Morgan fingerprint density at radius 1 is 1.06 bits per heavy atom. The van der Waals surface area contributed by atoms with Gasteiger partial charge < -0.3 is 0 Å². The summed E-state index contributed by atoms with van der Waals surface area (Å²) in [6.07, 6.45) is 10.0. The monoisotopic (exact) mass is 243 g/mol. The Morgan fingerprint density at radius 3 is 1.89 bits per heavy atom. The molecule has 1 saturated heterocycles. The van der Waals surface area contributed by atoms with Crippen LogP contribution in [-0.4, -0.2) is 16.7 Å². The SMILES string of the molecule is C=C/C=C\C(=C/C)N1C(=O)C(=C/C)/C(=C\C)C1=O. The Labute approximate surface area is 107 Å². The minimum atomic E-state index is -0.280. The number of imide groups is 1. The van der Waals surface area contributed by atoms with E-state index in [-0.39, 0.29) is 11.8 Å². The van der Waals surface area contributed by atoms with Gasteiger partial charge in [0.05, 0.1) is 0 Å². The van der Waals surface area contributed by atoms with Gasteiger partial charge in [0.2, 0.25) is 0 Å². The molecule has 3 heteroatoms. The van der Waals surface area contributed by atoms with Crippen molar-refractivity contribution in [3.05, 3.63) is 59.9 Å². The third-order valence-corrected chi connectivity index (χ3v) is 2.69. The normalized spacial score (nSPS) is 21.7. The summed E-state index contributed by atoms with van der Waals surface area (Å²) in [5.41, 5.74) is 1.46. The topological polar surface area (TPSA) is 37.4 Å². The summed E-state index contributed by atoms with van der Waals surface area (Å²) in [6.45, 7) is 8.86. The Bertz CT molecular complexity index is 475. The summed E-state index contributed by atoms with van der Waals surface area (Å²) in [5, 5.41) is 0. The van der Waals surface area contributed by atoms with Gasteiger partial charge in [0.25, 0.3) is 11.8 Å². The lowest BCUT2D eigenvalue weighted by Crippen LogP contribution is -2.28. The van der Waals surface area contributed by atoms with Crippen LogP contribution in [0.4, 0.5) is 0 Å². The van der Waals surface area contributed by atoms with E-state index in [0.717, 1.165) is 0 Å². The Morgan fingerprint density at radius 2 is 1.56 bits per heavy atom. The predicted octanol–water partition coefficient (Wildman–Crippen LogP) is 2.89. The summed E-state index contributed by atoms with van der Waals surface area (Å²) >= 11 is 0. The van der Waals surface area contributed by atoms with E-state index in [0.29, 0.717) is 16.8 Å². The molecular weight excluding hydrogens is 226 g/mol. The fourth-order valence-corrected chi connectivity index (χ4v) is 1.82. The number of carbonyl (C=O) groups is 2. The van der Waals surface area contributed by atoms with Crippen LogP contribution in [0.1, 0.15) is 20.8 Å². The van der Waals surface area contributed by atoms with E-state index in [1.54, 1.807) is 57.2 Å². The maximum Gasteiger partial charge on any atom is 0.265 e. The molecule has 0 aromatic heterocycles. The summed E-state index contributed by atoms with van der Waals surface area (Å²) in [6, 6.07) is 0. The van der Waals surface area contributed by atoms with Crippen molar-refractivity contribution in [3.63, 3.8) is 0 Å². The van der Waals surface area contributed by atoms with Crippen molar-refractivity contribution in [1.82, 2.24) is 4.90 Å². The molecule has 1 heterocycles. The number of allylic oxidation sites excluding steroid dienone is 6. The molecule has 0 aromatic carbocycles. The van der Waals surface area contributed by atoms with Crippen LogP contribution in [-0.2, 0) is 9.59 Å². The lowest BCUT2D eigenvalue weighted by molar-refractivity contribution is -0.133. The number of hydrogen-bond donors (Lipinski definition) is 0. The highest BCUT2D eigenvalue weighted by Crippen LogP contribution is 2.28. The molecule has 3 nitrogen and oxygen atoms in total. The second kappa shape index (κ2) is 5.96. The zero-order chi connectivity index (χ0) is 13.7. The van der Waals surface area contributed by atoms with Crippen LogP contribution in [0.15, 0.2) is 59.9 Å². The molecule has 1 fully saturated rings. The molecule has 94 valence electrons. The Hall–Kier alpha value is -2.16. The number of hydrogen-bond acceptors (Lipinski definition) is 2. The lowest BCUT2D eigenvalue weighted by atomic mass is 10.1. The third kappa shape index (κ3) is 2.25. The van der Waals surface area contributed by atoms with Crippen molar-refractivity contribution >= 4 is 11.8 Å². The number of carbonyl (C=O) groups excluding carboxylic acids is 2. The van der Waals surface area contributed by atoms with Gasteiger partial charge >= 0.3 is 0 Å². The van der Waals surface area contributed by atoms with Crippen molar-refractivity contribution in [1.29, 1.82) is 0 Å². The van der Waals surface area contributed by atoms with Crippen LogP contribution in [0.5, 0.6) is 0 Å². The molecule has 0 unspecified atom stereocenters. The maximum absolute atomic E-state index is 12.2. The Balaban J connectivity index is 3.27. The van der Waals surface area contributed by atoms with Crippen molar-refractivity contribution < 1.29 is 9.59 Å². The first-order valence-corrected chi connectivity index (χ1v) is 5.79. The van der Waals surface area contributed by atoms with Crippen LogP contribution >= 0.6 is 0 Å². The molecule has 1 rings (SSSR count). The smallest absolute Gasteiger partial charge is 0.265 e. The molecule has 0 spiro atoms. The highest BCUT2D eigenvalue weighted by molar-refractivity contribution is 6.25. The second-order valence-corrected chi connectivity index (χ2v) is 3.66. The Kier molecular flexibility index (Phi) is 4.60. The molecule has 0 atom stereocenters. The van der Waals surface area contributed by atoms with Gasteiger partial charge in [-0.2, -0.15) is 0 Å². The highest BCUT2D eigenvalue weighted by atomic mass is 16.2. The fourth-order valence-electron chi connectivity index (χ4n) is 1.82. The summed E-state index contributed by atoms with van der Waals surface area (Å²) < 4.78 is 0. The minimum Gasteiger partial charge on any atom is -0.268 e. The summed E-state index contributed by atoms with van der Waals surface area (Å²) in [5.74, 6) is -0.560. The molecule has 0 saturated carbocycles. The molecule has 0 aliphatic carbocycles. The van der Waals surface area contributed by atoms with E-state index in [2.05, 4.69) is 6.58 Å². The zero-order valence-electron chi connectivity index (χ0n) is 10.9. The second-order valence-electron chi connectivity index (χ2n) is 3.66. The number of nitrogens with zero attached hydrogens (tertiary/aromatic N) is 1. The van der Waals surface area contributed by atoms with Gasteiger partial charge in [-0.05, 0) is 26.8 Å². The van der Waals surface area contributed by atoms with Gasteiger partial charge in [0, 0.05) is 16.8 Å². The quantitative estimate of drug-likeness (QED) is 0.434. The van der Waals surface area contributed by atoms with Crippen molar-refractivity contribution in [3.8, 4) is 0 Å². The molecule has 0 radical (unpaired) electrons. The molecule has 0 aromatic rings. The molecular formula is C15H17NO2. The van der Waals surface area contributed by atoms with Crippen LogP contribution in [0.25, 0.3) is 0 Å². The van der Waals surface area contributed by atoms with E-state index in [1.807, 2.05) is 0 Å². The fraction of sp³-hybridized carbons (Fsp3) is 0.200. The van der Waals surface area contributed by atoms with Crippen LogP contribution < -0.4 is 0 Å². The predicted molar refractivity (Wildman–Crippen MR) is 72.5 cm³/mol. The standard InChI is InChI=1S/C15H17NO2/c1-5-9-10-11(6-2)16-14(17)12(7-3)13(8-4)15(16)18/h5-10H,1H2,2-4H3/b10-9-,11-6+,12-7+,13-8+. The van der Waals surface area contributed by atoms with Gasteiger partial charge in [-0.25, -0.2) is 4.90 Å². The summed E-state index contributed by atoms with van der Waals surface area (Å²) in [4.78, 5) is 25.5. The van der Waals surface area contributed by atoms with E-state index in [4.69, 9.17) is 0 Å². The molecule has 18 heavy (non-hydrogen) atoms. The maximum atomic E-state index is 12.2. The highest BCUT2D eigenvalue weighted by Gasteiger charge is 2.38. The van der Waals surface area contributed by atoms with Gasteiger partial charge in [-0.1, -0.05) is 37.0 Å². The van der Waals surface area contributed by atoms with E-state index >= 15 is 0 Å². The molecule has 0 bridgehead atoms. The largest absolute Gasteiger partial charge is 0.268 e. The zero-order valence-corrected chi connectivity index (χ0v) is 10.9. The number of amides is 2. The molecule has 0 N–H and O–H groups in total. The first-order valence-electron chi connectivity index (χ1n) is 5.79. The lowest BCUT2D eigenvalue weighted by Gasteiger charge is -2.13. The van der Waals surface area contributed by atoms with Crippen molar-refractivity contribution in [2.24, 2.45) is 0 Å². The molecule has 1 aliphatic heterocycles. The van der Waals surface area contributed by atoms with Crippen LogP contribution in [0.2, 0.25) is 0 Å². The van der Waals surface area contributed by atoms with Crippen LogP contribution in [0, 0.1) is 0 Å². The van der Waals surface area contributed by atoms with Gasteiger partial charge in [0.1, 0.15) is 0 Å². The van der Waals surface area contributed by atoms with E-state index in [9.17, 15) is 9.59 Å². The van der Waals surface area contributed by atoms with E-state index < -0.39 is 0 Å². The van der Waals surface area contributed by atoms with E-state index in [1.165, 1.54) is 4.90 Å². The average Bonchev–Trinajstić information content (AvgIpc) is 2.62. The first kappa shape index (κ1) is 13.9. The van der Waals surface area contributed by atoms with Gasteiger partial charge in [-0.3, -0.25) is 9.59 Å². The van der Waals surface area contributed by atoms with Gasteiger partial charge in [0.15, 0.2) is 0 Å². The summed E-state index contributed by atoms with van der Waals surface area (Å²) in [7, 11) is 0. The number of rotatable bonds is 3. The van der Waals surface area contributed by atoms with Crippen LogP contribution in [0.3, 0.4) is 0 Å². The molecule has 1 aliphatic rings. The molecule has 2 amide bonds. The third-order valence-electron chi connectivity index (χ3n) is 2.69. The first-order chi connectivity index (χ1) is 8.62. The minimum absolute atomic E-state index is 0.280. The van der Waals surface area contributed by atoms with Crippen molar-refractivity contribution in [2.45, 2.75) is 20.8 Å². The van der Waals surface area contributed by atoms with Crippen molar-refractivity contribution in [2.75, 3.05) is 0 Å².